The van der Waals surface area contributed by atoms with Crippen molar-refractivity contribution in [3.05, 3.63) is 0 Å². The molecule has 1 aliphatic rings. The molecule has 1 saturated heterocycles. The zero-order valence-corrected chi connectivity index (χ0v) is 9.08. The van der Waals surface area contributed by atoms with Gasteiger partial charge in [-0.25, -0.2) is 0 Å². The number of piperidine rings is 1. The van der Waals surface area contributed by atoms with Crippen LogP contribution in [0.3, 0.4) is 0 Å². The molecule has 0 radical (unpaired) electrons. The van der Waals surface area contributed by atoms with Crippen LogP contribution >= 0.6 is 0 Å². The van der Waals surface area contributed by atoms with Crippen LogP contribution in [0.5, 0.6) is 0 Å². The molecule has 1 heterocycles. The minimum Gasteiger partial charge on any atom is -0.354 e. The van der Waals surface area contributed by atoms with E-state index in [1.165, 1.54) is 0 Å². The Morgan fingerprint density at radius 3 is 3.07 bits per heavy atom. The molecule has 86 valence electrons. The summed E-state index contributed by atoms with van der Waals surface area (Å²) < 4.78 is 0. The van der Waals surface area contributed by atoms with Gasteiger partial charge in [0.2, 0.25) is 11.8 Å². The fraction of sp³-hybridized carbons (Fsp3) is 0.800. The molecular weight excluding hydrogens is 194 g/mol. The second-order valence-electron chi connectivity index (χ2n) is 3.89. The first kappa shape index (κ1) is 12.0. The molecule has 0 saturated carbocycles. The van der Waals surface area contributed by atoms with Gasteiger partial charge in [-0.15, -0.1) is 0 Å². The summed E-state index contributed by atoms with van der Waals surface area (Å²) in [6.45, 7) is 2.67. The van der Waals surface area contributed by atoms with Crippen LogP contribution in [0.25, 0.3) is 0 Å². The smallest absolute Gasteiger partial charge is 0.242 e. The van der Waals surface area contributed by atoms with Gasteiger partial charge in [0.05, 0.1) is 6.04 Å². The van der Waals surface area contributed by atoms with Crippen molar-refractivity contribution in [2.24, 2.45) is 5.73 Å². The van der Waals surface area contributed by atoms with E-state index in [-0.39, 0.29) is 11.8 Å². The van der Waals surface area contributed by atoms with Gasteiger partial charge in [0.25, 0.3) is 0 Å². The van der Waals surface area contributed by atoms with Gasteiger partial charge in [0, 0.05) is 6.54 Å². The third-order valence-corrected chi connectivity index (χ3v) is 2.54. The van der Waals surface area contributed by atoms with Crippen molar-refractivity contribution in [2.75, 3.05) is 6.54 Å². The Balaban J connectivity index is 2.39. The first-order chi connectivity index (χ1) is 7.15. The van der Waals surface area contributed by atoms with Gasteiger partial charge in [-0.3, -0.25) is 9.59 Å². The van der Waals surface area contributed by atoms with E-state index in [2.05, 4.69) is 10.6 Å². The normalized spacial score (nSPS) is 23.1. The Labute approximate surface area is 89.8 Å². The molecule has 0 aromatic heterocycles. The van der Waals surface area contributed by atoms with E-state index < -0.39 is 12.1 Å². The quantitative estimate of drug-likeness (QED) is 0.589. The molecule has 1 aliphatic heterocycles. The number of hydrogen-bond acceptors (Lipinski definition) is 3. The van der Waals surface area contributed by atoms with Crippen LogP contribution in [0.15, 0.2) is 0 Å². The van der Waals surface area contributed by atoms with Crippen molar-refractivity contribution in [3.63, 3.8) is 0 Å². The van der Waals surface area contributed by atoms with Crippen molar-refractivity contribution < 1.29 is 9.59 Å². The van der Waals surface area contributed by atoms with E-state index in [0.717, 1.165) is 12.8 Å². The topological polar surface area (TPSA) is 84.2 Å². The van der Waals surface area contributed by atoms with Crippen molar-refractivity contribution in [2.45, 2.75) is 44.7 Å². The van der Waals surface area contributed by atoms with Crippen LogP contribution in [0.4, 0.5) is 0 Å². The summed E-state index contributed by atoms with van der Waals surface area (Å²) >= 11 is 0. The summed E-state index contributed by atoms with van der Waals surface area (Å²) in [5.41, 5.74) is 5.65. The van der Waals surface area contributed by atoms with Crippen LogP contribution in [-0.2, 0) is 9.59 Å². The maximum atomic E-state index is 11.5. The first-order valence-electron chi connectivity index (χ1n) is 5.48. The third-order valence-electron chi connectivity index (χ3n) is 2.54. The van der Waals surface area contributed by atoms with Gasteiger partial charge in [-0.05, 0) is 19.3 Å². The summed E-state index contributed by atoms with van der Waals surface area (Å²) in [6.07, 6.45) is 3.13. The number of hydrogen-bond donors (Lipinski definition) is 3. The maximum Gasteiger partial charge on any atom is 0.242 e. The minimum atomic E-state index is -0.496. The molecular formula is C10H19N3O2. The van der Waals surface area contributed by atoms with Crippen LogP contribution in [0, 0.1) is 0 Å². The SMILES string of the molecule is CCC[C@@H](N)C(=O)NC1CCCNC1=O. The Bertz CT molecular complexity index is 243. The number of carbonyl (C=O) groups excluding carboxylic acids is 2. The molecule has 0 aliphatic carbocycles. The van der Waals surface area contributed by atoms with Gasteiger partial charge < -0.3 is 16.4 Å². The Hall–Kier alpha value is -1.10. The van der Waals surface area contributed by atoms with Crippen LogP contribution in [-0.4, -0.2) is 30.4 Å². The lowest BCUT2D eigenvalue weighted by atomic mass is 10.1. The zero-order chi connectivity index (χ0) is 11.3. The van der Waals surface area contributed by atoms with Crippen LogP contribution in [0.1, 0.15) is 32.6 Å². The van der Waals surface area contributed by atoms with E-state index in [1.54, 1.807) is 0 Å². The summed E-state index contributed by atoms with van der Waals surface area (Å²) in [7, 11) is 0. The number of rotatable bonds is 4. The average molecular weight is 213 g/mol. The second-order valence-corrected chi connectivity index (χ2v) is 3.89. The molecule has 2 atom stereocenters. The lowest BCUT2D eigenvalue weighted by Gasteiger charge is -2.24. The van der Waals surface area contributed by atoms with Gasteiger partial charge in [-0.2, -0.15) is 0 Å². The molecule has 5 nitrogen and oxygen atoms in total. The highest BCUT2D eigenvalue weighted by molar-refractivity contribution is 5.89. The van der Waals surface area contributed by atoms with E-state index in [4.69, 9.17) is 5.73 Å². The monoisotopic (exact) mass is 213 g/mol. The van der Waals surface area contributed by atoms with E-state index >= 15 is 0 Å². The highest BCUT2D eigenvalue weighted by Crippen LogP contribution is 2.03. The molecule has 2 amide bonds. The number of nitrogens with two attached hydrogens (primary N) is 1. The molecule has 1 unspecified atom stereocenters. The molecule has 1 fully saturated rings. The van der Waals surface area contributed by atoms with Crippen molar-refractivity contribution in [1.82, 2.24) is 10.6 Å². The van der Waals surface area contributed by atoms with Gasteiger partial charge >= 0.3 is 0 Å². The Kier molecular flexibility index (Phi) is 4.55. The number of carbonyl (C=O) groups is 2. The van der Waals surface area contributed by atoms with E-state index in [0.29, 0.717) is 19.4 Å². The van der Waals surface area contributed by atoms with E-state index in [9.17, 15) is 9.59 Å². The molecule has 0 bridgehead atoms. The number of nitrogens with one attached hydrogen (secondary N) is 2. The molecule has 5 heteroatoms. The fourth-order valence-electron chi connectivity index (χ4n) is 1.63. The fourth-order valence-corrected chi connectivity index (χ4v) is 1.63. The summed E-state index contributed by atoms with van der Waals surface area (Å²) in [5, 5.41) is 5.39. The Morgan fingerprint density at radius 1 is 1.73 bits per heavy atom. The van der Waals surface area contributed by atoms with Crippen molar-refractivity contribution >= 4 is 11.8 Å². The van der Waals surface area contributed by atoms with Crippen molar-refractivity contribution in [1.29, 1.82) is 0 Å². The summed E-state index contributed by atoms with van der Waals surface area (Å²) in [6, 6.07) is -0.890. The van der Waals surface area contributed by atoms with Gasteiger partial charge in [0.15, 0.2) is 0 Å². The standard InChI is InChI=1S/C10H19N3O2/c1-2-4-7(11)9(14)13-8-5-3-6-12-10(8)15/h7-8H,2-6,11H2,1H3,(H,12,15)(H,13,14)/t7-,8?/m1/s1. The predicted octanol–water partition coefficient (Wildman–Crippen LogP) is -0.491. The summed E-state index contributed by atoms with van der Waals surface area (Å²) in [4.78, 5) is 22.9. The van der Waals surface area contributed by atoms with E-state index in [1.807, 2.05) is 6.92 Å². The largest absolute Gasteiger partial charge is 0.354 e. The molecule has 1 rings (SSSR count). The lowest BCUT2D eigenvalue weighted by molar-refractivity contribution is -0.130. The maximum absolute atomic E-state index is 11.5. The average Bonchev–Trinajstić information content (AvgIpc) is 2.21. The molecule has 0 aromatic carbocycles. The molecule has 0 aromatic rings. The second kappa shape index (κ2) is 5.70. The lowest BCUT2D eigenvalue weighted by Crippen LogP contribution is -2.53. The van der Waals surface area contributed by atoms with Gasteiger partial charge in [-0.1, -0.05) is 13.3 Å². The summed E-state index contributed by atoms with van der Waals surface area (Å²) in [5.74, 6) is -0.322. The molecule has 4 N–H and O–H groups in total. The number of amides is 2. The zero-order valence-electron chi connectivity index (χ0n) is 9.08. The predicted molar refractivity (Wildman–Crippen MR) is 57.1 cm³/mol. The highest BCUT2D eigenvalue weighted by Gasteiger charge is 2.25. The van der Waals surface area contributed by atoms with Crippen LogP contribution in [0.2, 0.25) is 0 Å². The third kappa shape index (κ3) is 3.51. The highest BCUT2D eigenvalue weighted by atomic mass is 16.2. The molecule has 15 heavy (non-hydrogen) atoms. The van der Waals surface area contributed by atoms with Crippen molar-refractivity contribution in [3.8, 4) is 0 Å². The minimum absolute atomic E-state index is 0.0988. The Morgan fingerprint density at radius 2 is 2.47 bits per heavy atom. The van der Waals surface area contributed by atoms with Crippen LogP contribution < -0.4 is 16.4 Å². The molecule has 0 spiro atoms. The first-order valence-corrected chi connectivity index (χ1v) is 5.48. The van der Waals surface area contributed by atoms with Gasteiger partial charge in [0.1, 0.15) is 6.04 Å².